The Hall–Kier alpha value is -5.53. The van der Waals surface area contributed by atoms with Gasteiger partial charge in [-0.3, -0.25) is 20.2 Å². The van der Waals surface area contributed by atoms with Crippen LogP contribution in [0.3, 0.4) is 0 Å². The van der Waals surface area contributed by atoms with Crippen LogP contribution in [0.15, 0.2) is 24.3 Å². The predicted octanol–water partition coefficient (Wildman–Crippen LogP) is 5.34. The third kappa shape index (κ3) is 8.33. The summed E-state index contributed by atoms with van der Waals surface area (Å²) in [5, 5.41) is 20.8. The van der Waals surface area contributed by atoms with Gasteiger partial charge < -0.3 is 0 Å². The van der Waals surface area contributed by atoms with E-state index in [0.717, 1.165) is 15.5 Å². The van der Waals surface area contributed by atoms with Gasteiger partial charge in [0.2, 0.25) is 18.9 Å². The van der Waals surface area contributed by atoms with Crippen LogP contribution in [0.4, 0.5) is 87.8 Å². The number of benzene rings is 4. The highest BCUT2D eigenvalue weighted by molar-refractivity contribution is 7.20. The highest BCUT2D eigenvalue weighted by Gasteiger charge is 2.52. The molecule has 6 nitrogen and oxygen atoms in total. The minimum absolute atomic E-state index is 0.134. The van der Waals surface area contributed by atoms with E-state index in [1.807, 2.05) is 12.1 Å². The predicted molar refractivity (Wildman–Crippen MR) is 177 cm³/mol. The molecule has 6 rings (SSSR count). The summed E-state index contributed by atoms with van der Waals surface area (Å²) in [5.74, 6) is -71.4. The minimum atomic E-state index is -7.22. The Bertz CT molecular complexity index is 2480. The number of hydrogen-bond donors (Lipinski definition) is 0. The fraction of sp³-hybridized carbons (Fsp3) is 0.0588. The molecule has 0 fully saturated rings. The highest BCUT2D eigenvalue weighted by atomic mass is 127. The quantitative estimate of drug-likeness (QED) is 0.0353. The van der Waals surface area contributed by atoms with Crippen molar-refractivity contribution >= 4 is 50.7 Å². The lowest BCUT2D eigenvalue weighted by molar-refractivity contribution is -0.585. The van der Waals surface area contributed by atoms with E-state index in [0.29, 0.717) is 0 Å². The normalized spacial score (nSPS) is 11.6. The van der Waals surface area contributed by atoms with Gasteiger partial charge in [0.1, 0.15) is 52.7 Å². The summed E-state index contributed by atoms with van der Waals surface area (Å²) >= 11 is 2.53. The lowest BCUT2D eigenvalue weighted by Gasteiger charge is -2.44. The molecule has 0 radical (unpaired) electrons. The van der Waals surface area contributed by atoms with Crippen molar-refractivity contribution in [1.29, 1.82) is 0 Å². The van der Waals surface area contributed by atoms with Gasteiger partial charge in [-0.2, -0.15) is 0 Å². The van der Waals surface area contributed by atoms with Gasteiger partial charge in [-0.05, 0) is 12.1 Å². The second-order valence-electron chi connectivity index (χ2n) is 12.3. The second kappa shape index (κ2) is 18.5. The molecule has 2 heterocycles. The second-order valence-corrected chi connectivity index (χ2v) is 19.0. The average Bonchev–Trinajstić information content (AvgIpc) is 3.88. The zero-order chi connectivity index (χ0) is 48.2. The van der Waals surface area contributed by atoms with Gasteiger partial charge in [0.25, 0.3) is 0 Å². The smallest absolute Gasteiger partial charge is 0.264 e. The molecular weight excluding hydrogens is 1080 g/mol. The van der Waals surface area contributed by atoms with Crippen LogP contribution in [0.2, 0.25) is 0 Å². The number of nitrogens with zero attached hydrogens (tertiary/aromatic N) is 2. The van der Waals surface area contributed by atoms with Gasteiger partial charge in [-0.25, -0.2) is 87.8 Å². The molecule has 30 heteroatoms. The van der Waals surface area contributed by atoms with Crippen LogP contribution in [0.1, 0.15) is 9.75 Å². The van der Waals surface area contributed by atoms with Crippen LogP contribution in [0.25, 0.3) is 0 Å². The fourth-order valence-corrected chi connectivity index (χ4v) is 12.7. The van der Waals surface area contributed by atoms with E-state index in [1.165, 1.54) is 22.7 Å². The first-order chi connectivity index (χ1) is 29.7. The molecule has 340 valence electrons. The summed E-state index contributed by atoms with van der Waals surface area (Å²) in [6.45, 7) is -0.267. The first-order valence-corrected chi connectivity index (χ1v) is 19.8. The molecular formula is C34H8BF20IN2O4S2. The zero-order valence-corrected chi connectivity index (χ0v) is 33.4. The molecule has 0 N–H and O–H groups in total. The summed E-state index contributed by atoms with van der Waals surface area (Å²) in [4.78, 5) is 21.6. The monoisotopic (exact) mass is 1090 g/mol. The maximum absolute atomic E-state index is 15.4. The van der Waals surface area contributed by atoms with E-state index in [-0.39, 0.29) is 44.1 Å². The van der Waals surface area contributed by atoms with E-state index in [2.05, 4.69) is 0 Å². The summed E-state index contributed by atoms with van der Waals surface area (Å²) in [7, 11) is 0. The van der Waals surface area contributed by atoms with E-state index < -0.39 is 144 Å². The Labute approximate surface area is 357 Å². The molecule has 64 heavy (non-hydrogen) atoms. The van der Waals surface area contributed by atoms with Crippen molar-refractivity contribution < 1.29 is 119 Å². The molecule has 0 aliphatic heterocycles. The summed E-state index contributed by atoms with van der Waals surface area (Å²) in [5.41, 5.74) is -14.3. The van der Waals surface area contributed by atoms with Crippen molar-refractivity contribution in [2.45, 2.75) is 13.1 Å². The lowest BCUT2D eigenvalue weighted by atomic mass is 9.12. The number of thiophene rings is 2. The standard InChI is InChI=1S/C24BF20.C10H8IN2O4S2/c26-5-1(6(27)14(35)21(42)13(5)34)25(2-7(28)15(36)22(43)16(37)8(2)29,3-9(30)17(38)23(44)18(39)10(3)31)4-11(32)19(40)24(45)20(41)12(4)33;14-12(15)5-7-1-3-9(18-7)11-10-4-2-8(19-10)6-13(16)17/h;1-4H,5-6H2/q-1;+1. The molecule has 0 aliphatic carbocycles. The van der Waals surface area contributed by atoms with Gasteiger partial charge in [-0.1, -0.05) is 22.7 Å². The van der Waals surface area contributed by atoms with Gasteiger partial charge in [0.15, 0.2) is 69.8 Å². The number of rotatable bonds is 10. The van der Waals surface area contributed by atoms with Gasteiger partial charge in [0, 0.05) is 22.0 Å². The topological polar surface area (TPSA) is 86.3 Å². The van der Waals surface area contributed by atoms with Crippen LogP contribution < -0.4 is 43.1 Å². The largest absolute Gasteiger partial charge is 0.381 e. The van der Waals surface area contributed by atoms with Crippen molar-refractivity contribution in [3.63, 3.8) is 0 Å². The Morgan fingerprint density at radius 3 is 0.734 bits per heavy atom. The van der Waals surface area contributed by atoms with Crippen molar-refractivity contribution in [2.24, 2.45) is 0 Å². The third-order valence-corrected chi connectivity index (χ3v) is 14.6. The van der Waals surface area contributed by atoms with E-state index >= 15 is 35.1 Å². The van der Waals surface area contributed by atoms with E-state index in [9.17, 15) is 72.9 Å². The average molecular weight is 1090 g/mol. The SMILES string of the molecule is Fc1c(F)c(F)c([B-](c2c(F)c(F)c(F)c(F)c2F)(c2c(F)c(F)c(F)c(F)c2F)c2c(F)c(F)c(F)c(F)c2F)c(F)c1F.O=[N+]([O-])Cc1ccc([I+]c2ccc(C[N+](=O)[O-])s2)s1. The molecule has 4 aromatic carbocycles. The van der Waals surface area contributed by atoms with Crippen molar-refractivity contribution in [2.75, 3.05) is 0 Å². The minimum Gasteiger partial charge on any atom is -0.264 e. The Morgan fingerprint density at radius 2 is 0.547 bits per heavy atom. The maximum Gasteiger partial charge on any atom is 0.381 e. The summed E-state index contributed by atoms with van der Waals surface area (Å²) in [6.07, 6.45) is -7.22. The highest BCUT2D eigenvalue weighted by Crippen LogP contribution is 2.31. The summed E-state index contributed by atoms with van der Waals surface area (Å²) < 4.78 is 296. The van der Waals surface area contributed by atoms with Crippen LogP contribution in [-0.4, -0.2) is 16.0 Å². The number of hydrogen-bond acceptors (Lipinski definition) is 6. The molecule has 0 saturated heterocycles. The molecule has 0 bridgehead atoms. The van der Waals surface area contributed by atoms with Gasteiger partial charge in [0.05, 0.1) is 9.75 Å². The van der Waals surface area contributed by atoms with Crippen LogP contribution in [-0.2, 0) is 13.1 Å². The molecule has 0 saturated carbocycles. The number of nitro groups is 2. The van der Waals surface area contributed by atoms with Crippen molar-refractivity contribution in [1.82, 2.24) is 0 Å². The Morgan fingerprint density at radius 1 is 0.359 bits per heavy atom. The van der Waals surface area contributed by atoms with Crippen LogP contribution >= 0.6 is 22.7 Å². The van der Waals surface area contributed by atoms with Gasteiger partial charge >= 0.3 is 21.2 Å². The van der Waals surface area contributed by atoms with Crippen LogP contribution in [0.5, 0.6) is 0 Å². The fourth-order valence-electron chi connectivity index (χ4n) is 6.20. The molecule has 2 aromatic heterocycles. The zero-order valence-electron chi connectivity index (χ0n) is 29.6. The number of halogens is 21. The Balaban J connectivity index is 0.000000337. The van der Waals surface area contributed by atoms with Gasteiger partial charge in [-0.15, -0.1) is 21.9 Å². The van der Waals surface area contributed by atoms with E-state index in [1.54, 1.807) is 12.1 Å². The van der Waals surface area contributed by atoms with Crippen molar-refractivity contribution in [3.8, 4) is 0 Å². The van der Waals surface area contributed by atoms with E-state index in [4.69, 9.17) is 0 Å². The molecule has 0 aliphatic rings. The lowest BCUT2D eigenvalue weighted by Crippen LogP contribution is -3.61. The molecule has 0 amide bonds. The third-order valence-electron chi connectivity index (χ3n) is 8.72. The maximum atomic E-state index is 15.4. The molecule has 0 unspecified atom stereocenters. The molecule has 6 aromatic rings. The first-order valence-electron chi connectivity index (χ1n) is 16.0. The Kier molecular flexibility index (Phi) is 14.3. The van der Waals surface area contributed by atoms with Crippen LogP contribution in [0, 0.1) is 142 Å². The first kappa shape index (κ1) is 49.5. The van der Waals surface area contributed by atoms with Crippen molar-refractivity contribution in [3.05, 3.63) is 176 Å². The molecule has 0 atom stereocenters. The summed E-state index contributed by atoms with van der Waals surface area (Å²) in [6, 6.07) is 7.41. The molecule has 0 spiro atoms.